The maximum absolute atomic E-state index is 8.36. The minimum absolute atomic E-state index is 0.250. The third-order valence-corrected chi connectivity index (χ3v) is 4.94. The third-order valence-electron chi connectivity index (χ3n) is 4.94. The summed E-state index contributed by atoms with van der Waals surface area (Å²) >= 11 is 0. The van der Waals surface area contributed by atoms with Crippen LogP contribution in [-0.4, -0.2) is 55.1 Å². The molecule has 4 rings (SSSR count). The molecule has 0 saturated carbocycles. The first-order chi connectivity index (χ1) is 14.0. The topological polar surface area (TPSA) is 89.1 Å². The molecule has 0 aliphatic carbocycles. The number of rotatable bonds is 4. The lowest BCUT2D eigenvalue weighted by atomic mass is 10.1. The van der Waals surface area contributed by atoms with Crippen molar-refractivity contribution in [2.24, 2.45) is 7.05 Å². The number of benzene rings is 2. The number of carboxylic acid groups (broad SMARTS) is 1. The van der Waals surface area contributed by atoms with Crippen LogP contribution in [0.3, 0.4) is 0 Å². The van der Waals surface area contributed by atoms with Gasteiger partial charge in [0.1, 0.15) is 11.3 Å². The molecular weight excluding hydrogens is 368 g/mol. The third kappa shape index (κ3) is 4.17. The van der Waals surface area contributed by atoms with Gasteiger partial charge in [-0.3, -0.25) is 9.36 Å². The Morgan fingerprint density at radius 3 is 2.48 bits per heavy atom. The van der Waals surface area contributed by atoms with Crippen molar-refractivity contribution in [3.8, 4) is 17.1 Å². The van der Waals surface area contributed by atoms with Crippen LogP contribution in [0.1, 0.15) is 18.5 Å². The molecule has 8 nitrogen and oxygen atoms in total. The summed E-state index contributed by atoms with van der Waals surface area (Å²) in [5.74, 6) is 0.914. The van der Waals surface area contributed by atoms with Gasteiger partial charge in [-0.1, -0.05) is 29.5 Å². The van der Waals surface area contributed by atoms with Crippen LogP contribution in [0.15, 0.2) is 54.9 Å². The standard InChI is InChI=1S/C20H22N6.CH2O2/c1-14(24(2)3)15-5-7-16(8-6-15)20-21-11-12-26(20)17-9-10-19-18(13-17)22-23-25(19)4;2-1-3/h5-14H,1-4H3;1H,(H,2,3). The fourth-order valence-electron chi connectivity index (χ4n) is 3.11. The highest BCUT2D eigenvalue weighted by atomic mass is 16.3. The van der Waals surface area contributed by atoms with E-state index in [-0.39, 0.29) is 6.47 Å². The van der Waals surface area contributed by atoms with Gasteiger partial charge in [0.25, 0.3) is 6.47 Å². The summed E-state index contributed by atoms with van der Waals surface area (Å²) in [4.78, 5) is 15.1. The van der Waals surface area contributed by atoms with Crippen molar-refractivity contribution in [2.45, 2.75) is 13.0 Å². The van der Waals surface area contributed by atoms with Gasteiger partial charge < -0.3 is 10.0 Å². The largest absolute Gasteiger partial charge is 0.483 e. The van der Waals surface area contributed by atoms with Crippen molar-refractivity contribution in [1.29, 1.82) is 0 Å². The molecule has 1 unspecified atom stereocenters. The predicted molar refractivity (Wildman–Crippen MR) is 112 cm³/mol. The van der Waals surface area contributed by atoms with Crippen LogP contribution in [-0.2, 0) is 11.8 Å². The van der Waals surface area contributed by atoms with Gasteiger partial charge in [-0.15, -0.1) is 5.10 Å². The molecule has 150 valence electrons. The zero-order valence-electron chi connectivity index (χ0n) is 16.9. The van der Waals surface area contributed by atoms with E-state index in [1.807, 2.05) is 31.6 Å². The Labute approximate surface area is 169 Å². The van der Waals surface area contributed by atoms with Gasteiger partial charge >= 0.3 is 0 Å². The van der Waals surface area contributed by atoms with Crippen molar-refractivity contribution in [3.63, 3.8) is 0 Å². The van der Waals surface area contributed by atoms with Crippen LogP contribution in [0.2, 0.25) is 0 Å². The smallest absolute Gasteiger partial charge is 0.290 e. The summed E-state index contributed by atoms with van der Waals surface area (Å²) in [6, 6.07) is 15.1. The highest BCUT2D eigenvalue weighted by Gasteiger charge is 2.12. The number of aryl methyl sites for hydroxylation is 1. The normalized spacial score (nSPS) is 11.9. The molecule has 0 aliphatic rings. The molecule has 0 amide bonds. The van der Waals surface area contributed by atoms with Crippen molar-refractivity contribution in [1.82, 2.24) is 29.4 Å². The molecule has 1 N–H and O–H groups in total. The first kappa shape index (κ1) is 20.2. The summed E-state index contributed by atoms with van der Waals surface area (Å²) in [5, 5.41) is 15.2. The Balaban J connectivity index is 0.000000755. The first-order valence-electron chi connectivity index (χ1n) is 9.14. The van der Waals surface area contributed by atoms with Gasteiger partial charge in [0.2, 0.25) is 0 Å². The van der Waals surface area contributed by atoms with Gasteiger partial charge in [0, 0.05) is 36.7 Å². The average Bonchev–Trinajstić information content (AvgIpc) is 3.35. The Kier molecular flexibility index (Phi) is 6.04. The lowest BCUT2D eigenvalue weighted by Crippen LogP contribution is -2.16. The number of fused-ring (bicyclic) bond motifs is 1. The van der Waals surface area contributed by atoms with Gasteiger partial charge in [0.15, 0.2) is 0 Å². The number of nitrogens with zero attached hydrogens (tertiary/aromatic N) is 6. The lowest BCUT2D eigenvalue weighted by molar-refractivity contribution is -0.122. The fraction of sp³-hybridized carbons (Fsp3) is 0.238. The van der Waals surface area contributed by atoms with Gasteiger partial charge in [-0.2, -0.15) is 0 Å². The summed E-state index contributed by atoms with van der Waals surface area (Å²) < 4.78 is 3.86. The monoisotopic (exact) mass is 392 g/mol. The molecule has 0 bridgehead atoms. The first-order valence-corrected chi connectivity index (χ1v) is 9.14. The van der Waals surface area contributed by atoms with Crippen LogP contribution < -0.4 is 0 Å². The Bertz CT molecular complexity index is 1100. The number of carbonyl (C=O) groups is 1. The lowest BCUT2D eigenvalue weighted by Gasteiger charge is -2.20. The van der Waals surface area contributed by atoms with Gasteiger partial charge in [0.05, 0.1) is 5.52 Å². The molecule has 4 aromatic rings. The quantitative estimate of drug-likeness (QED) is 0.537. The molecule has 0 aliphatic heterocycles. The van der Waals surface area contributed by atoms with E-state index in [1.54, 1.807) is 4.68 Å². The van der Waals surface area contributed by atoms with Gasteiger partial charge in [-0.25, -0.2) is 9.67 Å². The zero-order valence-corrected chi connectivity index (χ0v) is 16.9. The van der Waals surface area contributed by atoms with E-state index in [1.165, 1.54) is 5.56 Å². The Morgan fingerprint density at radius 2 is 1.83 bits per heavy atom. The summed E-state index contributed by atoms with van der Waals surface area (Å²) in [6.45, 7) is 1.95. The molecule has 29 heavy (non-hydrogen) atoms. The molecule has 2 aromatic heterocycles. The second-order valence-electron chi connectivity index (χ2n) is 6.87. The Hall–Kier alpha value is -3.52. The van der Waals surface area contributed by atoms with E-state index >= 15 is 0 Å². The Morgan fingerprint density at radius 1 is 1.14 bits per heavy atom. The number of hydrogen-bond acceptors (Lipinski definition) is 5. The molecule has 1 atom stereocenters. The van der Waals surface area contributed by atoms with Crippen LogP contribution in [0, 0.1) is 0 Å². The molecule has 2 aromatic carbocycles. The average molecular weight is 392 g/mol. The molecule has 0 spiro atoms. The van der Waals surface area contributed by atoms with Gasteiger partial charge in [-0.05, 0) is 44.8 Å². The van der Waals surface area contributed by atoms with E-state index in [2.05, 4.69) is 76.1 Å². The van der Waals surface area contributed by atoms with E-state index < -0.39 is 0 Å². The van der Waals surface area contributed by atoms with Crippen LogP contribution in [0.4, 0.5) is 0 Å². The predicted octanol–water partition coefficient (Wildman–Crippen LogP) is 3.14. The molecule has 0 radical (unpaired) electrons. The van der Waals surface area contributed by atoms with Crippen molar-refractivity contribution in [2.75, 3.05) is 14.1 Å². The molecule has 8 heteroatoms. The highest BCUT2D eigenvalue weighted by molar-refractivity contribution is 5.77. The fourth-order valence-corrected chi connectivity index (χ4v) is 3.11. The maximum Gasteiger partial charge on any atom is 0.290 e. The van der Waals surface area contributed by atoms with Crippen molar-refractivity contribution in [3.05, 3.63) is 60.4 Å². The summed E-state index contributed by atoms with van der Waals surface area (Å²) in [7, 11) is 6.08. The van der Waals surface area contributed by atoms with Crippen molar-refractivity contribution < 1.29 is 9.90 Å². The SMILES string of the molecule is CC(c1ccc(-c2nccn2-c2ccc3c(c2)nnn3C)cc1)N(C)C.O=CO. The minimum Gasteiger partial charge on any atom is -0.483 e. The second kappa shape index (κ2) is 8.66. The number of aromatic nitrogens is 5. The number of hydrogen-bond donors (Lipinski definition) is 1. The second-order valence-corrected chi connectivity index (χ2v) is 6.87. The van der Waals surface area contributed by atoms with E-state index in [0.717, 1.165) is 28.1 Å². The molecule has 0 fully saturated rings. The zero-order chi connectivity index (χ0) is 21.0. The van der Waals surface area contributed by atoms with E-state index in [9.17, 15) is 0 Å². The van der Waals surface area contributed by atoms with E-state index in [0.29, 0.717) is 6.04 Å². The number of imidazole rings is 1. The highest BCUT2D eigenvalue weighted by Crippen LogP contribution is 2.26. The van der Waals surface area contributed by atoms with Crippen molar-refractivity contribution >= 4 is 17.5 Å². The van der Waals surface area contributed by atoms with Crippen LogP contribution >= 0.6 is 0 Å². The molecule has 0 saturated heterocycles. The van der Waals surface area contributed by atoms with Crippen LogP contribution in [0.25, 0.3) is 28.1 Å². The molecule has 2 heterocycles. The van der Waals surface area contributed by atoms with E-state index in [4.69, 9.17) is 9.90 Å². The summed E-state index contributed by atoms with van der Waals surface area (Å²) in [5.41, 5.74) is 5.29. The molecular formula is C21H24N6O2. The maximum atomic E-state index is 8.36. The summed E-state index contributed by atoms with van der Waals surface area (Å²) in [6.07, 6.45) is 3.80. The minimum atomic E-state index is -0.250. The van der Waals surface area contributed by atoms with Crippen LogP contribution in [0.5, 0.6) is 0 Å².